The van der Waals surface area contributed by atoms with Gasteiger partial charge in [0.1, 0.15) is 0 Å². The molecule has 7 nitrogen and oxygen atoms in total. The summed E-state index contributed by atoms with van der Waals surface area (Å²) in [6.45, 7) is 5.15. The number of hydrogen-bond donors (Lipinski definition) is 2. The molecule has 7 heteroatoms. The molecule has 0 unspecified atom stereocenters. The Bertz CT molecular complexity index is 913. The van der Waals surface area contributed by atoms with Crippen molar-refractivity contribution in [3.63, 3.8) is 0 Å². The first-order valence-corrected chi connectivity index (χ1v) is 9.80. The fraction of sp³-hybridized carbons (Fsp3) is 0.476. The number of hydrogen-bond acceptors (Lipinski definition) is 4. The molecular formula is C21H27N3O4. The lowest BCUT2D eigenvalue weighted by atomic mass is 10.0. The second-order valence-corrected chi connectivity index (χ2v) is 7.23. The number of H-pyrrole nitrogens is 1. The highest BCUT2D eigenvalue weighted by Crippen LogP contribution is 2.15. The van der Waals surface area contributed by atoms with Crippen molar-refractivity contribution >= 4 is 22.9 Å². The summed E-state index contributed by atoms with van der Waals surface area (Å²) in [6.07, 6.45) is 2.19. The number of likely N-dealkylation sites (tertiary alicyclic amines) is 1. The van der Waals surface area contributed by atoms with Crippen LogP contribution in [0.25, 0.3) is 10.9 Å². The van der Waals surface area contributed by atoms with E-state index < -0.39 is 0 Å². The second-order valence-electron chi connectivity index (χ2n) is 7.23. The highest BCUT2D eigenvalue weighted by atomic mass is 16.6. The molecular weight excluding hydrogens is 358 g/mol. The minimum absolute atomic E-state index is 0.00656. The molecule has 28 heavy (non-hydrogen) atoms. The summed E-state index contributed by atoms with van der Waals surface area (Å²) in [7, 11) is 0. The standard InChI is InChI=1S/C21H27N3O4/c1-3-28-21(27)24-10-8-17(9-11-24)22-19(25)7-5-15-4-6-16-12-14(2)20(26)23-18(16)13-15/h4,6,12-13,17H,3,5,7-11H2,1-2H3,(H,22,25)(H,23,26). The van der Waals surface area contributed by atoms with Gasteiger partial charge in [0.05, 0.1) is 6.61 Å². The molecule has 1 aromatic heterocycles. The summed E-state index contributed by atoms with van der Waals surface area (Å²) in [4.78, 5) is 40.3. The Balaban J connectivity index is 1.48. The summed E-state index contributed by atoms with van der Waals surface area (Å²) in [5.74, 6) is 0.00656. The fourth-order valence-electron chi connectivity index (χ4n) is 3.49. The van der Waals surface area contributed by atoms with Gasteiger partial charge in [0.2, 0.25) is 5.91 Å². The number of ether oxygens (including phenoxy) is 1. The maximum atomic E-state index is 12.3. The van der Waals surface area contributed by atoms with Crippen molar-refractivity contribution in [3.8, 4) is 0 Å². The number of amides is 2. The molecule has 2 N–H and O–H groups in total. The van der Waals surface area contributed by atoms with E-state index in [1.54, 1.807) is 18.7 Å². The molecule has 1 saturated heterocycles. The molecule has 0 aliphatic carbocycles. The zero-order chi connectivity index (χ0) is 20.1. The van der Waals surface area contributed by atoms with Gasteiger partial charge in [-0.05, 0) is 56.2 Å². The predicted octanol–water partition coefficient (Wildman–Crippen LogP) is 2.51. The highest BCUT2D eigenvalue weighted by Gasteiger charge is 2.24. The van der Waals surface area contributed by atoms with Crippen molar-refractivity contribution in [2.75, 3.05) is 19.7 Å². The molecule has 3 rings (SSSR count). The molecule has 0 spiro atoms. The number of aryl methyl sites for hydroxylation is 2. The van der Waals surface area contributed by atoms with Crippen LogP contribution < -0.4 is 10.9 Å². The van der Waals surface area contributed by atoms with Gasteiger partial charge in [-0.3, -0.25) is 9.59 Å². The molecule has 0 saturated carbocycles. The Kier molecular flexibility index (Phi) is 6.34. The molecule has 150 valence electrons. The van der Waals surface area contributed by atoms with Crippen LogP contribution in [0.15, 0.2) is 29.1 Å². The molecule has 1 fully saturated rings. The minimum atomic E-state index is -0.281. The van der Waals surface area contributed by atoms with E-state index in [4.69, 9.17) is 4.74 Å². The number of benzene rings is 1. The maximum absolute atomic E-state index is 12.3. The van der Waals surface area contributed by atoms with E-state index in [-0.39, 0.29) is 23.6 Å². The number of carbonyl (C=O) groups excluding carboxylic acids is 2. The van der Waals surface area contributed by atoms with Gasteiger partial charge in [-0.15, -0.1) is 0 Å². The largest absolute Gasteiger partial charge is 0.450 e. The molecule has 2 amide bonds. The quantitative estimate of drug-likeness (QED) is 0.827. The number of rotatable bonds is 5. The molecule has 1 aliphatic heterocycles. The van der Waals surface area contributed by atoms with E-state index in [0.717, 1.165) is 29.3 Å². The molecule has 2 aromatic rings. The van der Waals surface area contributed by atoms with Crippen molar-refractivity contribution in [2.24, 2.45) is 0 Å². The van der Waals surface area contributed by atoms with Crippen LogP contribution in [0.2, 0.25) is 0 Å². The van der Waals surface area contributed by atoms with Crippen LogP contribution in [0.3, 0.4) is 0 Å². The lowest BCUT2D eigenvalue weighted by molar-refractivity contribution is -0.122. The third kappa shape index (κ3) is 4.91. The average molecular weight is 385 g/mol. The summed E-state index contributed by atoms with van der Waals surface area (Å²) < 4.78 is 5.01. The average Bonchev–Trinajstić information content (AvgIpc) is 2.68. The number of fused-ring (bicyclic) bond motifs is 1. The summed E-state index contributed by atoms with van der Waals surface area (Å²) in [5.41, 5.74) is 2.41. The summed E-state index contributed by atoms with van der Waals surface area (Å²) in [5, 5.41) is 4.04. The first-order valence-electron chi connectivity index (χ1n) is 9.80. The van der Waals surface area contributed by atoms with Crippen molar-refractivity contribution in [1.82, 2.24) is 15.2 Å². The number of aromatic nitrogens is 1. The smallest absolute Gasteiger partial charge is 0.409 e. The third-order valence-electron chi connectivity index (χ3n) is 5.12. The van der Waals surface area contributed by atoms with Gasteiger partial charge >= 0.3 is 6.09 Å². The van der Waals surface area contributed by atoms with Crippen LogP contribution in [-0.2, 0) is 16.0 Å². The van der Waals surface area contributed by atoms with E-state index in [0.29, 0.717) is 38.1 Å². The van der Waals surface area contributed by atoms with Crippen LogP contribution in [0.1, 0.15) is 37.3 Å². The number of pyridine rings is 1. The number of carbonyl (C=O) groups is 2. The van der Waals surface area contributed by atoms with Gasteiger partial charge in [-0.2, -0.15) is 0 Å². The molecule has 0 radical (unpaired) electrons. The van der Waals surface area contributed by atoms with E-state index >= 15 is 0 Å². The highest BCUT2D eigenvalue weighted by molar-refractivity contribution is 5.80. The minimum Gasteiger partial charge on any atom is -0.450 e. The van der Waals surface area contributed by atoms with Crippen LogP contribution in [-0.4, -0.2) is 47.6 Å². The van der Waals surface area contributed by atoms with Crippen molar-refractivity contribution in [3.05, 3.63) is 45.7 Å². The van der Waals surface area contributed by atoms with E-state index in [2.05, 4.69) is 10.3 Å². The van der Waals surface area contributed by atoms with Gasteiger partial charge in [-0.25, -0.2) is 4.79 Å². The lowest BCUT2D eigenvalue weighted by Crippen LogP contribution is -2.46. The Labute approximate surface area is 164 Å². The molecule has 0 atom stereocenters. The summed E-state index contributed by atoms with van der Waals surface area (Å²) >= 11 is 0. The zero-order valence-electron chi connectivity index (χ0n) is 16.4. The van der Waals surface area contributed by atoms with Gasteiger partial charge in [-0.1, -0.05) is 12.1 Å². The molecule has 1 aliphatic rings. The second kappa shape index (κ2) is 8.91. The van der Waals surface area contributed by atoms with E-state index in [1.165, 1.54) is 0 Å². The Hall–Kier alpha value is -2.83. The number of nitrogens with one attached hydrogen (secondary N) is 2. The molecule has 2 heterocycles. The number of nitrogens with zero attached hydrogens (tertiary/aromatic N) is 1. The summed E-state index contributed by atoms with van der Waals surface area (Å²) in [6, 6.07) is 7.85. The number of aromatic amines is 1. The number of piperidine rings is 1. The first kappa shape index (κ1) is 19.9. The molecule has 1 aromatic carbocycles. The molecule has 0 bridgehead atoms. The Morgan fingerprint density at radius 3 is 2.71 bits per heavy atom. The van der Waals surface area contributed by atoms with Gasteiger partial charge in [0, 0.05) is 36.6 Å². The Morgan fingerprint density at radius 2 is 2.00 bits per heavy atom. The maximum Gasteiger partial charge on any atom is 0.409 e. The van der Waals surface area contributed by atoms with Crippen molar-refractivity contribution < 1.29 is 14.3 Å². The van der Waals surface area contributed by atoms with Crippen molar-refractivity contribution in [1.29, 1.82) is 0 Å². The normalized spacial score (nSPS) is 14.9. The van der Waals surface area contributed by atoms with Crippen LogP contribution in [0, 0.1) is 6.92 Å². The van der Waals surface area contributed by atoms with Gasteiger partial charge in [0.15, 0.2) is 0 Å². The van der Waals surface area contributed by atoms with E-state index in [9.17, 15) is 14.4 Å². The van der Waals surface area contributed by atoms with E-state index in [1.807, 2.05) is 24.3 Å². The zero-order valence-corrected chi connectivity index (χ0v) is 16.4. The third-order valence-corrected chi connectivity index (χ3v) is 5.12. The van der Waals surface area contributed by atoms with Crippen LogP contribution in [0.5, 0.6) is 0 Å². The Morgan fingerprint density at radius 1 is 1.25 bits per heavy atom. The van der Waals surface area contributed by atoms with Crippen molar-refractivity contribution in [2.45, 2.75) is 45.6 Å². The monoisotopic (exact) mass is 385 g/mol. The van der Waals surface area contributed by atoms with Gasteiger partial charge < -0.3 is 19.9 Å². The fourth-order valence-corrected chi connectivity index (χ4v) is 3.49. The predicted molar refractivity (Wildman–Crippen MR) is 107 cm³/mol. The topological polar surface area (TPSA) is 91.5 Å². The first-order chi connectivity index (χ1) is 13.5. The lowest BCUT2D eigenvalue weighted by Gasteiger charge is -2.31. The SMILES string of the molecule is CCOC(=O)N1CCC(NC(=O)CCc2ccc3cc(C)c(=O)[nH]c3c2)CC1. The van der Waals surface area contributed by atoms with Crippen LogP contribution >= 0.6 is 0 Å². The van der Waals surface area contributed by atoms with Crippen LogP contribution in [0.4, 0.5) is 4.79 Å². The van der Waals surface area contributed by atoms with Gasteiger partial charge in [0.25, 0.3) is 5.56 Å².